The Morgan fingerprint density at radius 2 is 2.00 bits per heavy atom. The number of ether oxygens (including phenoxy) is 4. The van der Waals surface area contributed by atoms with Crippen LogP contribution in [0.5, 0.6) is 0 Å². The molecule has 0 unspecified atom stereocenters. The van der Waals surface area contributed by atoms with Crippen LogP contribution in [-0.2, 0) is 28.5 Å². The van der Waals surface area contributed by atoms with E-state index in [4.69, 9.17) is 18.9 Å². The molecule has 6 nitrogen and oxygen atoms in total. The van der Waals surface area contributed by atoms with Gasteiger partial charge in [-0.3, -0.25) is 9.59 Å². The van der Waals surface area contributed by atoms with E-state index in [1.54, 1.807) is 6.08 Å². The zero-order valence-corrected chi connectivity index (χ0v) is 17.8. The van der Waals surface area contributed by atoms with Gasteiger partial charge < -0.3 is 18.9 Å². The van der Waals surface area contributed by atoms with Gasteiger partial charge in [-0.15, -0.1) is 0 Å². The zero-order chi connectivity index (χ0) is 20.8. The summed E-state index contributed by atoms with van der Waals surface area (Å²) in [6, 6.07) is 0. The Labute approximate surface area is 168 Å². The van der Waals surface area contributed by atoms with E-state index in [0.717, 1.165) is 44.9 Å². The molecule has 2 fully saturated rings. The van der Waals surface area contributed by atoms with E-state index >= 15 is 0 Å². The van der Waals surface area contributed by atoms with Gasteiger partial charge in [-0.05, 0) is 31.3 Å². The van der Waals surface area contributed by atoms with Gasteiger partial charge >= 0.3 is 11.9 Å². The fourth-order valence-corrected chi connectivity index (χ4v) is 4.42. The van der Waals surface area contributed by atoms with Crippen LogP contribution < -0.4 is 0 Å². The summed E-state index contributed by atoms with van der Waals surface area (Å²) in [6.45, 7) is 11.4. The SMILES string of the molecule is C=C[C@H](OC(C)=O)[C@@]1(CCCC)CC[C@]2(CC[C@H](C)[C@@H](CCOC(C)=O)O2)O1. The predicted molar refractivity (Wildman–Crippen MR) is 106 cm³/mol. The molecule has 28 heavy (non-hydrogen) atoms. The van der Waals surface area contributed by atoms with Crippen molar-refractivity contribution in [2.75, 3.05) is 6.61 Å². The third-order valence-electron chi connectivity index (χ3n) is 5.99. The lowest BCUT2D eigenvalue weighted by Gasteiger charge is -2.44. The van der Waals surface area contributed by atoms with Crippen molar-refractivity contribution in [1.82, 2.24) is 0 Å². The van der Waals surface area contributed by atoms with Gasteiger partial charge in [-0.2, -0.15) is 0 Å². The van der Waals surface area contributed by atoms with Crippen molar-refractivity contribution in [2.45, 2.75) is 103 Å². The number of rotatable bonds is 9. The van der Waals surface area contributed by atoms with Crippen LogP contribution in [0.1, 0.15) is 79.1 Å². The number of carbonyl (C=O) groups is 2. The molecule has 0 aromatic rings. The van der Waals surface area contributed by atoms with Gasteiger partial charge in [0, 0.05) is 33.1 Å². The number of esters is 2. The Morgan fingerprint density at radius 3 is 2.61 bits per heavy atom. The smallest absolute Gasteiger partial charge is 0.303 e. The number of carbonyl (C=O) groups excluding carboxylic acids is 2. The molecule has 2 heterocycles. The quantitative estimate of drug-likeness (QED) is 0.427. The lowest BCUT2D eigenvalue weighted by molar-refractivity contribution is -0.310. The Balaban J connectivity index is 2.13. The maximum absolute atomic E-state index is 11.6. The van der Waals surface area contributed by atoms with Gasteiger partial charge in [0.25, 0.3) is 0 Å². The Bertz CT molecular complexity index is 561. The molecule has 0 aromatic heterocycles. The molecular formula is C22H36O6. The number of hydrogen-bond acceptors (Lipinski definition) is 6. The average Bonchev–Trinajstić information content (AvgIpc) is 3.00. The van der Waals surface area contributed by atoms with Crippen molar-refractivity contribution in [3.8, 4) is 0 Å². The van der Waals surface area contributed by atoms with Crippen molar-refractivity contribution in [3.63, 3.8) is 0 Å². The molecule has 2 saturated heterocycles. The Morgan fingerprint density at radius 1 is 1.25 bits per heavy atom. The first kappa shape index (κ1) is 22.9. The molecule has 0 amide bonds. The minimum Gasteiger partial charge on any atom is -0.466 e. The van der Waals surface area contributed by atoms with Gasteiger partial charge in [0.15, 0.2) is 5.79 Å². The number of hydrogen-bond donors (Lipinski definition) is 0. The highest BCUT2D eigenvalue weighted by Crippen LogP contribution is 2.50. The largest absolute Gasteiger partial charge is 0.466 e. The van der Waals surface area contributed by atoms with Gasteiger partial charge in [-0.25, -0.2) is 0 Å². The fourth-order valence-electron chi connectivity index (χ4n) is 4.42. The van der Waals surface area contributed by atoms with Crippen LogP contribution in [0, 0.1) is 5.92 Å². The zero-order valence-electron chi connectivity index (χ0n) is 17.8. The summed E-state index contributed by atoms with van der Waals surface area (Å²) >= 11 is 0. The van der Waals surface area contributed by atoms with Crippen LogP contribution in [0.25, 0.3) is 0 Å². The van der Waals surface area contributed by atoms with E-state index in [2.05, 4.69) is 20.4 Å². The molecule has 2 aliphatic rings. The van der Waals surface area contributed by atoms with Crippen molar-refractivity contribution < 1.29 is 28.5 Å². The maximum Gasteiger partial charge on any atom is 0.303 e. The number of unbranched alkanes of at least 4 members (excludes halogenated alkanes) is 1. The van der Waals surface area contributed by atoms with Gasteiger partial charge in [0.1, 0.15) is 11.7 Å². The van der Waals surface area contributed by atoms with E-state index in [9.17, 15) is 9.59 Å². The fraction of sp³-hybridized carbons (Fsp3) is 0.818. The molecular weight excluding hydrogens is 360 g/mol. The molecule has 5 atom stereocenters. The molecule has 1 spiro atoms. The minimum absolute atomic E-state index is 0.0222. The topological polar surface area (TPSA) is 71.1 Å². The normalized spacial score (nSPS) is 33.4. The lowest BCUT2D eigenvalue weighted by Crippen LogP contribution is -2.50. The summed E-state index contributed by atoms with van der Waals surface area (Å²) in [6.07, 6.45) is 7.97. The van der Waals surface area contributed by atoms with Crippen molar-refractivity contribution in [2.24, 2.45) is 5.92 Å². The molecule has 2 rings (SSSR count). The summed E-state index contributed by atoms with van der Waals surface area (Å²) in [4.78, 5) is 22.7. The standard InChI is InChI=1S/C22H36O6/c1-6-8-11-21(20(7-2)26-18(5)24)13-14-22(28-21)12-9-16(3)19(27-22)10-15-25-17(4)23/h7,16,19-20H,2,6,8-15H2,1,3-5H3/t16-,19+,20-,21+,22-/m0/s1. The second kappa shape index (κ2) is 9.88. The van der Waals surface area contributed by atoms with Crippen LogP contribution in [0.4, 0.5) is 0 Å². The highest BCUT2D eigenvalue weighted by Gasteiger charge is 2.56. The summed E-state index contributed by atoms with van der Waals surface area (Å²) in [5.74, 6) is -0.895. The first-order chi connectivity index (χ1) is 13.3. The Kier molecular flexibility index (Phi) is 8.07. The van der Waals surface area contributed by atoms with Crippen molar-refractivity contribution in [1.29, 1.82) is 0 Å². The third-order valence-corrected chi connectivity index (χ3v) is 5.99. The molecule has 160 valence electrons. The van der Waals surface area contributed by atoms with Crippen LogP contribution in [0.3, 0.4) is 0 Å². The summed E-state index contributed by atoms with van der Waals surface area (Å²) in [5, 5.41) is 0. The predicted octanol–water partition coefficient (Wildman–Crippen LogP) is 4.31. The third kappa shape index (κ3) is 5.57. The Hall–Kier alpha value is -1.40. The summed E-state index contributed by atoms with van der Waals surface area (Å²) < 4.78 is 23.8. The van der Waals surface area contributed by atoms with Gasteiger partial charge in [0.05, 0.1) is 12.7 Å². The van der Waals surface area contributed by atoms with Crippen molar-refractivity contribution in [3.05, 3.63) is 12.7 Å². The van der Waals surface area contributed by atoms with Crippen molar-refractivity contribution >= 4 is 11.9 Å². The van der Waals surface area contributed by atoms with E-state index in [1.807, 2.05) is 0 Å². The van der Waals surface area contributed by atoms with Gasteiger partial charge in [-0.1, -0.05) is 33.3 Å². The van der Waals surface area contributed by atoms with E-state index in [-0.39, 0.29) is 18.0 Å². The summed E-state index contributed by atoms with van der Waals surface area (Å²) in [7, 11) is 0. The lowest BCUT2D eigenvalue weighted by atomic mass is 9.86. The van der Waals surface area contributed by atoms with E-state index in [0.29, 0.717) is 18.9 Å². The average molecular weight is 397 g/mol. The summed E-state index contributed by atoms with van der Waals surface area (Å²) in [5.41, 5.74) is -0.593. The van der Waals surface area contributed by atoms with E-state index in [1.165, 1.54) is 13.8 Å². The minimum atomic E-state index is -0.664. The molecule has 2 aliphatic heterocycles. The first-order valence-corrected chi connectivity index (χ1v) is 10.6. The van der Waals surface area contributed by atoms with Crippen LogP contribution >= 0.6 is 0 Å². The molecule has 0 aliphatic carbocycles. The monoisotopic (exact) mass is 396 g/mol. The van der Waals surface area contributed by atoms with Crippen LogP contribution in [-0.4, -0.2) is 42.1 Å². The molecule has 6 heteroatoms. The van der Waals surface area contributed by atoms with Gasteiger partial charge in [0.2, 0.25) is 0 Å². The molecule has 0 N–H and O–H groups in total. The molecule has 0 saturated carbocycles. The second-order valence-corrected chi connectivity index (χ2v) is 8.25. The van der Waals surface area contributed by atoms with Crippen LogP contribution in [0.15, 0.2) is 12.7 Å². The molecule has 0 bridgehead atoms. The second-order valence-electron chi connectivity index (χ2n) is 8.25. The first-order valence-electron chi connectivity index (χ1n) is 10.6. The molecule has 0 aromatic carbocycles. The highest BCUT2D eigenvalue weighted by molar-refractivity contribution is 5.66. The van der Waals surface area contributed by atoms with Crippen LogP contribution in [0.2, 0.25) is 0 Å². The van der Waals surface area contributed by atoms with E-state index < -0.39 is 17.5 Å². The highest BCUT2D eigenvalue weighted by atomic mass is 16.7. The maximum atomic E-state index is 11.6. The molecule has 0 radical (unpaired) electrons.